The molecule has 0 heterocycles. The minimum absolute atomic E-state index is 0.204. The molecule has 0 fully saturated rings. The van der Waals surface area contributed by atoms with E-state index in [9.17, 15) is 4.79 Å². The average Bonchev–Trinajstić information content (AvgIpc) is 2.64. The van der Waals surface area contributed by atoms with Crippen LogP contribution < -0.4 is 5.32 Å². The molecule has 179 valence electrons. The topological polar surface area (TPSA) is 29.1 Å². The molecule has 1 N–H and O–H groups in total. The monoisotopic (exact) mass is 614 g/mol. The smallest absolute Gasteiger partial charge is 0.229 e. The van der Waals surface area contributed by atoms with Gasteiger partial charge in [-0.3, -0.25) is 4.79 Å². The first-order valence-electron chi connectivity index (χ1n) is 9.68. The summed E-state index contributed by atoms with van der Waals surface area (Å²) in [6.45, 7) is 5.38. The average molecular weight is 618 g/mol. The minimum Gasteiger partial charge on any atom is -0.326 e. The summed E-state index contributed by atoms with van der Waals surface area (Å²) in [5.41, 5.74) is 0.890. The summed E-state index contributed by atoms with van der Waals surface area (Å²) in [6.07, 6.45) is 0. The van der Waals surface area contributed by atoms with Crippen molar-refractivity contribution in [2.45, 2.75) is 20.8 Å². The fourth-order valence-corrected chi connectivity index (χ4v) is 5.83. The third-order valence-corrected chi connectivity index (χ3v) is 6.97. The first kappa shape index (κ1) is 28.0. The van der Waals surface area contributed by atoms with Crippen molar-refractivity contribution >= 4 is 104 Å². The highest BCUT2D eigenvalue weighted by Crippen LogP contribution is 2.49. The Morgan fingerprint density at radius 2 is 0.882 bits per heavy atom. The number of halogens is 8. The number of nitrogens with one attached hydrogen (secondary N) is 1. The van der Waals surface area contributed by atoms with Crippen LogP contribution in [0.15, 0.2) is 36.4 Å². The Bertz CT molecular complexity index is 1160. The van der Waals surface area contributed by atoms with Gasteiger partial charge in [-0.15, -0.1) is 0 Å². The van der Waals surface area contributed by atoms with E-state index < -0.39 is 5.41 Å². The van der Waals surface area contributed by atoms with Crippen LogP contribution in [0.4, 0.5) is 5.69 Å². The van der Waals surface area contributed by atoms with E-state index in [1.165, 1.54) is 24.3 Å². The van der Waals surface area contributed by atoms with Crippen molar-refractivity contribution in [3.63, 3.8) is 0 Å². The lowest BCUT2D eigenvalue weighted by molar-refractivity contribution is -0.123. The van der Waals surface area contributed by atoms with Crippen molar-refractivity contribution in [1.29, 1.82) is 0 Å². The maximum Gasteiger partial charge on any atom is 0.229 e. The zero-order chi connectivity index (χ0) is 25.5. The molecule has 0 bridgehead atoms. The van der Waals surface area contributed by atoms with Gasteiger partial charge in [0.05, 0.1) is 5.92 Å². The van der Waals surface area contributed by atoms with Crippen LogP contribution in [0, 0.1) is 11.3 Å². The fraction of sp³-hybridized carbons (Fsp3) is 0.167. The molecule has 3 aromatic carbocycles. The zero-order valence-corrected chi connectivity index (χ0v) is 23.9. The Morgan fingerprint density at radius 1 is 0.588 bits per heavy atom. The summed E-state index contributed by atoms with van der Waals surface area (Å²) in [6, 6.07) is 9.26. The van der Waals surface area contributed by atoms with Gasteiger partial charge in [-0.1, -0.05) is 114 Å². The van der Waals surface area contributed by atoms with Gasteiger partial charge in [-0.05, 0) is 36.4 Å². The van der Waals surface area contributed by atoms with E-state index in [0.29, 0.717) is 38.3 Å². The second-order valence-electron chi connectivity index (χ2n) is 8.38. The van der Waals surface area contributed by atoms with E-state index in [1.807, 2.05) is 0 Å². The van der Waals surface area contributed by atoms with Gasteiger partial charge in [0.1, 0.15) is 0 Å². The Balaban J connectivity index is 2.30. The van der Waals surface area contributed by atoms with Gasteiger partial charge in [-0.2, -0.15) is 0 Å². The molecule has 34 heavy (non-hydrogen) atoms. The number of rotatable bonds is 4. The molecule has 0 saturated heterocycles. The van der Waals surface area contributed by atoms with Gasteiger partial charge < -0.3 is 5.32 Å². The summed E-state index contributed by atoms with van der Waals surface area (Å²) in [7, 11) is 0. The van der Waals surface area contributed by atoms with E-state index in [-0.39, 0.29) is 36.0 Å². The molecule has 0 aliphatic heterocycles. The first-order chi connectivity index (χ1) is 15.7. The van der Waals surface area contributed by atoms with Gasteiger partial charge >= 0.3 is 0 Å². The molecular formula is C24H16Cl8NO. The SMILES string of the molecule is CC(C)(C)C(=O)Nc1cc(Cl)c([C](c2c(Cl)cc(Cl)cc2Cl)c2c(Cl)cc(Cl)cc2Cl)c(Cl)c1. The van der Waals surface area contributed by atoms with Crippen LogP contribution in [0.3, 0.4) is 0 Å². The maximum atomic E-state index is 12.5. The van der Waals surface area contributed by atoms with E-state index in [0.717, 1.165) is 0 Å². The highest BCUT2D eigenvalue weighted by atomic mass is 35.5. The fourth-order valence-electron chi connectivity index (χ4n) is 3.14. The van der Waals surface area contributed by atoms with Crippen molar-refractivity contribution in [1.82, 2.24) is 0 Å². The summed E-state index contributed by atoms with van der Waals surface area (Å²) >= 11 is 52.0. The Hall–Kier alpha value is -0.550. The summed E-state index contributed by atoms with van der Waals surface area (Å²) < 4.78 is 0. The summed E-state index contributed by atoms with van der Waals surface area (Å²) in [4.78, 5) is 12.5. The summed E-state index contributed by atoms with van der Waals surface area (Å²) in [5, 5.41) is 4.81. The Labute approximate surface area is 238 Å². The molecule has 0 aromatic heterocycles. The van der Waals surface area contributed by atoms with E-state index in [1.54, 1.807) is 32.9 Å². The molecule has 3 rings (SSSR count). The van der Waals surface area contributed by atoms with Crippen molar-refractivity contribution in [3.05, 3.63) is 99.2 Å². The van der Waals surface area contributed by atoms with Crippen molar-refractivity contribution < 1.29 is 4.79 Å². The number of hydrogen-bond acceptors (Lipinski definition) is 1. The number of carbonyl (C=O) groups excluding carboxylic acids is 1. The van der Waals surface area contributed by atoms with Gasteiger partial charge in [0.15, 0.2) is 0 Å². The van der Waals surface area contributed by atoms with E-state index >= 15 is 0 Å². The van der Waals surface area contributed by atoms with E-state index in [4.69, 9.17) is 92.8 Å². The molecule has 0 aliphatic rings. The molecular weight excluding hydrogens is 602 g/mol. The van der Waals surface area contributed by atoms with Crippen molar-refractivity contribution in [2.24, 2.45) is 5.41 Å². The van der Waals surface area contributed by atoms with Crippen LogP contribution in [-0.4, -0.2) is 5.91 Å². The quantitative estimate of drug-likeness (QED) is 0.290. The van der Waals surface area contributed by atoms with Crippen molar-refractivity contribution in [2.75, 3.05) is 5.32 Å². The Morgan fingerprint density at radius 3 is 1.18 bits per heavy atom. The van der Waals surface area contributed by atoms with Gasteiger partial charge in [0.2, 0.25) is 5.91 Å². The summed E-state index contributed by atoms with van der Waals surface area (Å²) in [5.74, 6) is 0.172. The molecule has 2 nitrogen and oxygen atoms in total. The molecule has 1 amide bonds. The highest BCUT2D eigenvalue weighted by Gasteiger charge is 2.32. The lowest BCUT2D eigenvalue weighted by Crippen LogP contribution is -2.27. The van der Waals surface area contributed by atoms with Crippen LogP contribution in [0.5, 0.6) is 0 Å². The van der Waals surface area contributed by atoms with Gasteiger partial charge in [0, 0.05) is 68.0 Å². The van der Waals surface area contributed by atoms with Crippen LogP contribution in [0.1, 0.15) is 37.5 Å². The predicted molar refractivity (Wildman–Crippen MR) is 148 cm³/mol. The first-order valence-corrected chi connectivity index (χ1v) is 12.7. The Kier molecular flexibility index (Phi) is 8.92. The largest absolute Gasteiger partial charge is 0.326 e. The molecule has 0 atom stereocenters. The lowest BCUT2D eigenvalue weighted by atomic mass is 9.84. The highest BCUT2D eigenvalue weighted by molar-refractivity contribution is 6.43. The molecule has 0 spiro atoms. The number of hydrogen-bond donors (Lipinski definition) is 1. The number of anilines is 1. The van der Waals surface area contributed by atoms with Crippen LogP contribution in [-0.2, 0) is 4.79 Å². The third-order valence-electron chi connectivity index (χ3n) is 4.74. The van der Waals surface area contributed by atoms with Crippen molar-refractivity contribution in [3.8, 4) is 0 Å². The molecule has 0 unspecified atom stereocenters. The van der Waals surface area contributed by atoms with Gasteiger partial charge in [-0.25, -0.2) is 0 Å². The number of benzene rings is 3. The lowest BCUT2D eigenvalue weighted by Gasteiger charge is -2.25. The molecule has 10 heteroatoms. The molecule has 0 aliphatic carbocycles. The minimum atomic E-state index is -0.621. The predicted octanol–water partition coefficient (Wildman–Crippen LogP) is 10.9. The van der Waals surface area contributed by atoms with Crippen LogP contribution >= 0.6 is 92.8 Å². The molecule has 1 radical (unpaired) electrons. The standard InChI is InChI=1S/C24H16Cl8NO/c1-24(2,3)23(34)33-12-8-17(31)21(18(32)9-12)22(19-13(27)4-10(25)5-14(19)28)20-15(29)6-11(26)7-16(20)30/h4-9H,1-3H3,(H,33,34). The van der Waals surface area contributed by atoms with Gasteiger partial charge in [0.25, 0.3) is 0 Å². The number of carbonyl (C=O) groups is 1. The normalized spacial score (nSPS) is 11.8. The molecule has 3 aromatic rings. The maximum absolute atomic E-state index is 12.5. The molecule has 0 saturated carbocycles. The second kappa shape index (κ2) is 10.8. The van der Waals surface area contributed by atoms with Crippen LogP contribution in [0.2, 0.25) is 40.2 Å². The van der Waals surface area contributed by atoms with E-state index in [2.05, 4.69) is 5.32 Å². The second-order valence-corrected chi connectivity index (χ2v) is 11.7. The number of amides is 1. The third kappa shape index (κ3) is 6.05. The van der Waals surface area contributed by atoms with Crippen LogP contribution in [0.25, 0.3) is 0 Å². The zero-order valence-electron chi connectivity index (χ0n) is 17.9.